The minimum Gasteiger partial charge on any atom is -0.463 e. The number of furan rings is 1. The van der Waals surface area contributed by atoms with E-state index in [0.717, 1.165) is 37.6 Å². The summed E-state index contributed by atoms with van der Waals surface area (Å²) in [7, 11) is 2.19. The predicted octanol–water partition coefficient (Wildman–Crippen LogP) is 1.38. The number of ether oxygens (including phenoxy) is 1. The lowest BCUT2D eigenvalue weighted by molar-refractivity contribution is -0.880. The second kappa shape index (κ2) is 10.1. The molecule has 8 nitrogen and oxygen atoms in total. The lowest BCUT2D eigenvalue weighted by Crippen LogP contribution is -3.12. The molecular weight excluding hydrogens is 500 g/mol. The van der Waals surface area contributed by atoms with Crippen molar-refractivity contribution in [2.75, 3.05) is 44.7 Å². The monoisotopic (exact) mass is 527 g/mol. The van der Waals surface area contributed by atoms with Crippen LogP contribution in [0.2, 0.25) is 5.02 Å². The summed E-state index contributed by atoms with van der Waals surface area (Å²) in [6.07, 6.45) is 1.75. The normalized spacial score (nSPS) is 18.8. The number of quaternary nitrogens is 1. The number of nitrogens with zero attached hydrogens (tertiary/aromatic N) is 3. The number of aromatic nitrogens is 1. The number of benzene rings is 1. The van der Waals surface area contributed by atoms with Crippen LogP contribution in [0.15, 0.2) is 61.9 Å². The molecule has 0 aliphatic carbocycles. The summed E-state index contributed by atoms with van der Waals surface area (Å²) in [5.41, 5.74) is 1.38. The highest BCUT2D eigenvalue weighted by Crippen LogP contribution is 2.31. The van der Waals surface area contributed by atoms with Crippen LogP contribution in [0.25, 0.3) is 6.08 Å². The maximum Gasteiger partial charge on any atom is 0.338 e. The second-order valence-electron chi connectivity index (χ2n) is 8.97. The first-order valence-electron chi connectivity index (χ1n) is 12.0. The van der Waals surface area contributed by atoms with Gasteiger partial charge >= 0.3 is 5.97 Å². The Morgan fingerprint density at radius 1 is 1.25 bits per heavy atom. The number of likely N-dealkylation sites (N-methyl/N-ethyl adjacent to an activating group) is 1. The number of rotatable bonds is 5. The number of halogens is 1. The van der Waals surface area contributed by atoms with Crippen LogP contribution in [0.3, 0.4) is 0 Å². The summed E-state index contributed by atoms with van der Waals surface area (Å²) in [5.74, 6) is 0.921. The zero-order valence-corrected chi connectivity index (χ0v) is 22.0. The third-order valence-electron chi connectivity index (χ3n) is 6.52. The molecule has 0 saturated carbocycles. The number of hydrogen-bond donors (Lipinski definition) is 1. The molecule has 1 atom stereocenters. The standard InChI is InChI=1S/C26H27ClN4O4S/c1-4-34-25(33)22-16(2)28-26-31(23(22)17-5-7-18(27)8-6-17)24(32)20(36-26)15-19-9-10-21(35-19)30-13-11-29(3)12-14-30/h5-10,15,23H,4,11-14H2,1-3H3/p+1/b20-15+/t23-/m1/s1. The smallest absolute Gasteiger partial charge is 0.338 e. The number of anilines is 1. The third kappa shape index (κ3) is 4.66. The molecule has 1 saturated heterocycles. The van der Waals surface area contributed by atoms with Gasteiger partial charge in [-0.1, -0.05) is 35.1 Å². The number of carbonyl (C=O) groups is 1. The van der Waals surface area contributed by atoms with Gasteiger partial charge in [0.2, 0.25) is 0 Å². The van der Waals surface area contributed by atoms with Crippen molar-refractivity contribution in [1.82, 2.24) is 4.57 Å². The lowest BCUT2D eigenvalue weighted by Gasteiger charge is -2.29. The van der Waals surface area contributed by atoms with Crippen LogP contribution in [-0.4, -0.2) is 50.4 Å². The number of fused-ring (bicyclic) bond motifs is 1. The summed E-state index contributed by atoms with van der Waals surface area (Å²) in [5, 5.41) is 0.569. The molecule has 0 radical (unpaired) electrons. The molecule has 2 aliphatic rings. The molecule has 0 unspecified atom stereocenters. The van der Waals surface area contributed by atoms with Crippen molar-refractivity contribution in [3.63, 3.8) is 0 Å². The van der Waals surface area contributed by atoms with Crippen LogP contribution >= 0.6 is 22.9 Å². The molecule has 4 heterocycles. The number of hydrogen-bond acceptors (Lipinski definition) is 7. The minimum atomic E-state index is -0.667. The molecule has 2 aliphatic heterocycles. The first-order chi connectivity index (χ1) is 17.4. The Labute approximate surface area is 217 Å². The van der Waals surface area contributed by atoms with Crippen molar-refractivity contribution >= 4 is 40.9 Å². The zero-order valence-electron chi connectivity index (χ0n) is 20.4. The maximum absolute atomic E-state index is 13.7. The fraction of sp³-hybridized carbons (Fsp3) is 0.346. The number of esters is 1. The Morgan fingerprint density at radius 3 is 2.67 bits per heavy atom. The molecule has 0 amide bonds. The van der Waals surface area contributed by atoms with E-state index in [1.165, 1.54) is 16.2 Å². The first-order valence-corrected chi connectivity index (χ1v) is 13.2. The van der Waals surface area contributed by atoms with Crippen molar-refractivity contribution < 1.29 is 18.8 Å². The van der Waals surface area contributed by atoms with Crippen molar-refractivity contribution in [1.29, 1.82) is 0 Å². The lowest BCUT2D eigenvalue weighted by atomic mass is 9.96. The van der Waals surface area contributed by atoms with E-state index in [4.69, 9.17) is 20.8 Å². The molecule has 188 valence electrons. The van der Waals surface area contributed by atoms with E-state index in [0.29, 0.717) is 31.4 Å². The number of allylic oxidation sites excluding steroid dienone is 1. The largest absolute Gasteiger partial charge is 0.463 e. The molecular formula is C26H28ClN4O4S+. The van der Waals surface area contributed by atoms with Crippen molar-refractivity contribution in [3.05, 3.63) is 83.7 Å². The highest BCUT2D eigenvalue weighted by molar-refractivity contribution is 7.07. The van der Waals surface area contributed by atoms with E-state index in [2.05, 4.69) is 16.9 Å². The topological polar surface area (TPSA) is 81.5 Å². The number of carbonyl (C=O) groups excluding carboxylic acids is 1. The van der Waals surface area contributed by atoms with Gasteiger partial charge in [0.05, 0.1) is 61.7 Å². The molecule has 3 aromatic rings. The zero-order chi connectivity index (χ0) is 25.4. The molecule has 1 fully saturated rings. The summed E-state index contributed by atoms with van der Waals surface area (Å²) >= 11 is 7.38. The van der Waals surface area contributed by atoms with Gasteiger partial charge in [0.25, 0.3) is 5.56 Å². The van der Waals surface area contributed by atoms with Gasteiger partial charge in [0.15, 0.2) is 10.7 Å². The van der Waals surface area contributed by atoms with Crippen LogP contribution < -0.4 is 24.7 Å². The molecule has 5 rings (SSSR count). The quantitative estimate of drug-likeness (QED) is 0.507. The van der Waals surface area contributed by atoms with Gasteiger partial charge in [0, 0.05) is 17.2 Å². The predicted molar refractivity (Wildman–Crippen MR) is 139 cm³/mol. The fourth-order valence-electron chi connectivity index (χ4n) is 4.58. The number of piperazine rings is 1. The molecule has 1 aromatic carbocycles. The Balaban J connectivity index is 1.58. The molecule has 10 heteroatoms. The van der Waals surface area contributed by atoms with Crippen LogP contribution in [0.5, 0.6) is 0 Å². The van der Waals surface area contributed by atoms with Gasteiger partial charge < -0.3 is 19.0 Å². The highest BCUT2D eigenvalue weighted by Gasteiger charge is 2.33. The molecule has 0 bridgehead atoms. The summed E-state index contributed by atoms with van der Waals surface area (Å²) in [4.78, 5) is 35.5. The van der Waals surface area contributed by atoms with E-state index in [1.54, 1.807) is 36.6 Å². The van der Waals surface area contributed by atoms with Crippen molar-refractivity contribution in [3.8, 4) is 0 Å². The van der Waals surface area contributed by atoms with Crippen LogP contribution in [0.4, 0.5) is 5.88 Å². The molecule has 0 spiro atoms. The maximum atomic E-state index is 13.7. The average Bonchev–Trinajstić information content (AvgIpc) is 3.44. The van der Waals surface area contributed by atoms with E-state index in [9.17, 15) is 9.59 Å². The molecule has 36 heavy (non-hydrogen) atoms. The Bertz CT molecular complexity index is 1490. The van der Waals surface area contributed by atoms with Gasteiger partial charge in [-0.25, -0.2) is 9.79 Å². The highest BCUT2D eigenvalue weighted by atomic mass is 35.5. The Morgan fingerprint density at radius 2 is 1.97 bits per heavy atom. The van der Waals surface area contributed by atoms with Crippen molar-refractivity contribution in [2.45, 2.75) is 19.9 Å². The molecule has 2 aromatic heterocycles. The summed E-state index contributed by atoms with van der Waals surface area (Å²) < 4.78 is 13.4. The van der Waals surface area contributed by atoms with Crippen LogP contribution in [-0.2, 0) is 9.53 Å². The van der Waals surface area contributed by atoms with E-state index < -0.39 is 12.0 Å². The van der Waals surface area contributed by atoms with E-state index in [-0.39, 0.29) is 12.2 Å². The van der Waals surface area contributed by atoms with Crippen LogP contribution in [0, 0.1) is 0 Å². The summed E-state index contributed by atoms with van der Waals surface area (Å²) in [6, 6.07) is 10.3. The first kappa shape index (κ1) is 24.5. The Kier molecular flexibility index (Phi) is 6.87. The fourth-order valence-corrected chi connectivity index (χ4v) is 5.73. The molecule has 1 N–H and O–H groups in total. The SMILES string of the molecule is CCOC(=O)C1=C(C)N=c2s/c(=C/c3ccc(N4CC[NH+](C)CC4)o3)c(=O)n2[C@@H]1c1ccc(Cl)cc1. The minimum absolute atomic E-state index is 0.225. The van der Waals surface area contributed by atoms with Gasteiger partial charge in [0.1, 0.15) is 5.76 Å². The summed E-state index contributed by atoms with van der Waals surface area (Å²) in [6.45, 7) is 7.71. The van der Waals surface area contributed by atoms with Gasteiger partial charge in [-0.15, -0.1) is 0 Å². The average molecular weight is 528 g/mol. The van der Waals surface area contributed by atoms with Gasteiger partial charge in [-0.2, -0.15) is 0 Å². The van der Waals surface area contributed by atoms with Crippen LogP contribution in [0.1, 0.15) is 31.2 Å². The number of nitrogens with one attached hydrogen (secondary N) is 1. The second-order valence-corrected chi connectivity index (χ2v) is 10.4. The number of thiazole rings is 1. The third-order valence-corrected chi connectivity index (χ3v) is 7.75. The van der Waals surface area contributed by atoms with E-state index >= 15 is 0 Å². The van der Waals surface area contributed by atoms with Gasteiger partial charge in [-0.3, -0.25) is 9.36 Å². The van der Waals surface area contributed by atoms with Gasteiger partial charge in [-0.05, 0) is 37.6 Å². The van der Waals surface area contributed by atoms with E-state index in [1.807, 2.05) is 24.3 Å². The Hall–Kier alpha value is -3.14. The van der Waals surface area contributed by atoms with Crippen molar-refractivity contribution in [2.24, 2.45) is 4.99 Å².